The zero-order valence-corrected chi connectivity index (χ0v) is 18.5. The first-order valence-electron chi connectivity index (χ1n) is 8.77. The minimum absolute atomic E-state index is 0.129. The molecule has 160 valence electrons. The number of rotatable bonds is 7. The lowest BCUT2D eigenvalue weighted by molar-refractivity contribution is -0.385. The highest BCUT2D eigenvalue weighted by Gasteiger charge is 2.36. The van der Waals surface area contributed by atoms with E-state index in [4.69, 9.17) is 4.74 Å². The Morgan fingerprint density at radius 3 is 2.71 bits per heavy atom. The first kappa shape index (κ1) is 22.5. The number of ether oxygens (including phenoxy) is 2. The average molecular weight is 507 g/mol. The molecule has 0 radical (unpaired) electrons. The lowest BCUT2D eigenvalue weighted by Gasteiger charge is -2.12. The van der Waals surface area contributed by atoms with E-state index in [9.17, 15) is 24.5 Å². The van der Waals surface area contributed by atoms with Gasteiger partial charge in [-0.1, -0.05) is 34.1 Å². The van der Waals surface area contributed by atoms with Crippen LogP contribution in [0.5, 0.6) is 5.75 Å². The van der Waals surface area contributed by atoms with E-state index in [1.807, 2.05) is 0 Å². The van der Waals surface area contributed by atoms with Crippen molar-refractivity contribution < 1.29 is 28.8 Å². The second kappa shape index (κ2) is 9.75. The molecular formula is C20H15BrN2O7S. The molecule has 1 aliphatic rings. The summed E-state index contributed by atoms with van der Waals surface area (Å²) < 4.78 is 10.7. The molecule has 0 atom stereocenters. The van der Waals surface area contributed by atoms with Gasteiger partial charge >= 0.3 is 5.97 Å². The predicted octanol–water partition coefficient (Wildman–Crippen LogP) is 4.15. The van der Waals surface area contributed by atoms with E-state index in [2.05, 4.69) is 20.7 Å². The van der Waals surface area contributed by atoms with Gasteiger partial charge in [0.2, 0.25) is 0 Å². The van der Waals surface area contributed by atoms with Gasteiger partial charge in [-0.15, -0.1) is 0 Å². The zero-order chi connectivity index (χ0) is 22.5. The highest BCUT2D eigenvalue weighted by atomic mass is 79.9. The molecule has 3 rings (SSSR count). The van der Waals surface area contributed by atoms with Crippen molar-refractivity contribution in [3.8, 4) is 5.75 Å². The largest absolute Gasteiger partial charge is 0.481 e. The number of para-hydroxylation sites is 1. The first-order chi connectivity index (χ1) is 14.8. The Bertz CT molecular complexity index is 1100. The van der Waals surface area contributed by atoms with E-state index in [-0.39, 0.29) is 29.3 Å². The minimum atomic E-state index is -0.577. The van der Waals surface area contributed by atoms with Crippen molar-refractivity contribution in [2.75, 3.05) is 13.7 Å². The quantitative estimate of drug-likeness (QED) is 0.238. The summed E-state index contributed by atoms with van der Waals surface area (Å²) in [6, 6.07) is 10.9. The number of nitro benzene ring substituents is 1. The fourth-order valence-electron chi connectivity index (χ4n) is 2.73. The Morgan fingerprint density at radius 2 is 2.00 bits per heavy atom. The van der Waals surface area contributed by atoms with Crippen LogP contribution in [-0.4, -0.2) is 40.7 Å². The maximum absolute atomic E-state index is 12.8. The van der Waals surface area contributed by atoms with Gasteiger partial charge in [-0.05, 0) is 36.0 Å². The lowest BCUT2D eigenvalue weighted by Crippen LogP contribution is -2.27. The number of hydrogen-bond donors (Lipinski definition) is 0. The normalized spacial score (nSPS) is 14.8. The first-order valence-corrected chi connectivity index (χ1v) is 10.4. The SMILES string of the molecule is COC(=O)COc1ccc(Br)cc1/C=C1\SC(=O)N(Cc2ccccc2[N+](=O)[O-])C1=O. The molecule has 1 fully saturated rings. The number of nitro groups is 1. The standard InChI is InChI=1S/C20H15BrN2O7S/c1-29-18(24)11-30-16-7-6-14(21)8-13(16)9-17-19(25)22(20(26)31-17)10-12-4-2-3-5-15(12)23(27)28/h2-9H,10-11H2,1H3/b17-9-. The Balaban J connectivity index is 1.86. The molecule has 1 saturated heterocycles. The van der Waals surface area contributed by atoms with Gasteiger partial charge in [0.15, 0.2) is 6.61 Å². The van der Waals surface area contributed by atoms with Gasteiger partial charge in [-0.25, -0.2) is 4.79 Å². The Labute approximate surface area is 189 Å². The van der Waals surface area contributed by atoms with Crippen molar-refractivity contribution in [2.45, 2.75) is 6.54 Å². The second-order valence-corrected chi connectivity index (χ2v) is 8.11. The third kappa shape index (κ3) is 5.30. The van der Waals surface area contributed by atoms with E-state index in [0.29, 0.717) is 15.8 Å². The van der Waals surface area contributed by atoms with Gasteiger partial charge in [-0.3, -0.25) is 24.6 Å². The molecule has 0 bridgehead atoms. The van der Waals surface area contributed by atoms with Gasteiger partial charge in [0.1, 0.15) is 5.75 Å². The molecule has 11 heteroatoms. The Hall–Kier alpha value is -3.18. The number of hydrogen-bond acceptors (Lipinski definition) is 8. The van der Waals surface area contributed by atoms with Gasteiger partial charge in [0, 0.05) is 21.7 Å². The second-order valence-electron chi connectivity index (χ2n) is 6.20. The monoisotopic (exact) mass is 506 g/mol. The van der Waals surface area contributed by atoms with Gasteiger partial charge in [0.25, 0.3) is 16.8 Å². The molecule has 1 heterocycles. The fourth-order valence-corrected chi connectivity index (χ4v) is 3.94. The highest BCUT2D eigenvalue weighted by Crippen LogP contribution is 2.36. The molecule has 2 amide bonds. The molecule has 9 nitrogen and oxygen atoms in total. The minimum Gasteiger partial charge on any atom is -0.481 e. The molecule has 2 aromatic carbocycles. The molecule has 0 N–H and O–H groups in total. The molecule has 31 heavy (non-hydrogen) atoms. The van der Waals surface area contributed by atoms with E-state index in [1.165, 1.54) is 31.4 Å². The molecule has 0 spiro atoms. The van der Waals surface area contributed by atoms with Gasteiger partial charge in [0.05, 0.1) is 23.5 Å². The summed E-state index contributed by atoms with van der Waals surface area (Å²) in [5.74, 6) is -0.829. The summed E-state index contributed by atoms with van der Waals surface area (Å²) in [6.45, 7) is -0.540. The van der Waals surface area contributed by atoms with E-state index in [1.54, 1.807) is 24.3 Å². The van der Waals surface area contributed by atoms with Crippen molar-refractivity contribution in [1.29, 1.82) is 0 Å². The van der Waals surface area contributed by atoms with Crippen LogP contribution in [0.15, 0.2) is 51.8 Å². The third-order valence-corrected chi connectivity index (χ3v) is 5.62. The smallest absolute Gasteiger partial charge is 0.343 e. The van der Waals surface area contributed by atoms with Crippen molar-refractivity contribution >= 4 is 56.6 Å². The van der Waals surface area contributed by atoms with Crippen LogP contribution >= 0.6 is 27.7 Å². The molecule has 0 aliphatic carbocycles. The van der Waals surface area contributed by atoms with E-state index >= 15 is 0 Å². The number of imide groups is 1. The van der Waals surface area contributed by atoms with Crippen LogP contribution in [-0.2, 0) is 20.9 Å². The maximum Gasteiger partial charge on any atom is 0.343 e. The zero-order valence-electron chi connectivity index (χ0n) is 16.1. The van der Waals surface area contributed by atoms with Crippen molar-refractivity contribution in [1.82, 2.24) is 4.90 Å². The summed E-state index contributed by atoms with van der Waals surface area (Å²) >= 11 is 4.05. The number of thioether (sulfide) groups is 1. The van der Waals surface area contributed by atoms with E-state index < -0.39 is 22.0 Å². The van der Waals surface area contributed by atoms with Crippen LogP contribution < -0.4 is 4.74 Å². The van der Waals surface area contributed by atoms with Gasteiger partial charge in [-0.2, -0.15) is 0 Å². The number of nitrogens with zero attached hydrogens (tertiary/aromatic N) is 2. The number of methoxy groups -OCH3 is 1. The van der Waals surface area contributed by atoms with Crippen LogP contribution in [0, 0.1) is 10.1 Å². The highest BCUT2D eigenvalue weighted by molar-refractivity contribution is 9.10. The summed E-state index contributed by atoms with van der Waals surface area (Å²) in [7, 11) is 1.24. The van der Waals surface area contributed by atoms with Crippen LogP contribution in [0.3, 0.4) is 0 Å². The summed E-state index contributed by atoms with van der Waals surface area (Å²) in [5, 5.41) is 10.7. The maximum atomic E-state index is 12.8. The molecule has 0 saturated carbocycles. The summed E-state index contributed by atoms with van der Waals surface area (Å²) in [6.07, 6.45) is 1.47. The lowest BCUT2D eigenvalue weighted by atomic mass is 10.1. The number of carbonyl (C=O) groups excluding carboxylic acids is 3. The summed E-state index contributed by atoms with van der Waals surface area (Å²) in [5.41, 5.74) is 0.547. The third-order valence-electron chi connectivity index (χ3n) is 4.22. The van der Waals surface area contributed by atoms with Crippen molar-refractivity contribution in [3.05, 3.63) is 73.1 Å². The van der Waals surface area contributed by atoms with Crippen molar-refractivity contribution in [3.63, 3.8) is 0 Å². The number of esters is 1. The average Bonchev–Trinajstić information content (AvgIpc) is 3.00. The Kier molecular flexibility index (Phi) is 7.08. The van der Waals surface area contributed by atoms with Crippen LogP contribution in [0.25, 0.3) is 6.08 Å². The molecule has 1 aliphatic heterocycles. The Morgan fingerprint density at radius 1 is 1.26 bits per heavy atom. The fraction of sp³-hybridized carbons (Fsp3) is 0.150. The van der Waals surface area contributed by atoms with Crippen LogP contribution in [0.2, 0.25) is 0 Å². The number of carbonyl (C=O) groups is 3. The molecule has 0 unspecified atom stereocenters. The molecular weight excluding hydrogens is 492 g/mol. The van der Waals surface area contributed by atoms with Crippen molar-refractivity contribution in [2.24, 2.45) is 0 Å². The molecule has 0 aromatic heterocycles. The van der Waals surface area contributed by atoms with Crippen LogP contribution in [0.1, 0.15) is 11.1 Å². The van der Waals surface area contributed by atoms with Crippen LogP contribution in [0.4, 0.5) is 10.5 Å². The number of halogens is 1. The van der Waals surface area contributed by atoms with Gasteiger partial charge < -0.3 is 9.47 Å². The summed E-state index contributed by atoms with van der Waals surface area (Å²) in [4.78, 5) is 48.4. The molecule has 2 aromatic rings. The predicted molar refractivity (Wildman–Crippen MR) is 116 cm³/mol. The number of benzene rings is 2. The topological polar surface area (TPSA) is 116 Å². The van der Waals surface area contributed by atoms with E-state index in [0.717, 1.165) is 16.7 Å². The number of amides is 2.